The number of likely N-dealkylation sites (tertiary alicyclic amines) is 1. The average molecular weight is 455 g/mol. The molecule has 0 aromatic heterocycles. The summed E-state index contributed by atoms with van der Waals surface area (Å²) in [5.74, 6) is 1.63. The molecule has 7 heteroatoms. The van der Waals surface area contributed by atoms with Crippen LogP contribution in [0.4, 0.5) is 5.69 Å². The molecule has 2 N–H and O–H groups in total. The molecule has 0 unspecified atom stereocenters. The summed E-state index contributed by atoms with van der Waals surface area (Å²) in [7, 11) is 4.79. The van der Waals surface area contributed by atoms with Gasteiger partial charge in [0, 0.05) is 24.2 Å². The fourth-order valence-electron chi connectivity index (χ4n) is 5.54. The van der Waals surface area contributed by atoms with Crippen molar-refractivity contribution in [3.8, 4) is 17.2 Å². The Morgan fingerprint density at radius 3 is 2.39 bits per heavy atom. The molecule has 1 aliphatic heterocycles. The predicted molar refractivity (Wildman–Crippen MR) is 127 cm³/mol. The number of amides is 1. The lowest BCUT2D eigenvalue weighted by Gasteiger charge is -2.52. The van der Waals surface area contributed by atoms with Crippen molar-refractivity contribution in [3.05, 3.63) is 48.0 Å². The van der Waals surface area contributed by atoms with Gasteiger partial charge >= 0.3 is 0 Å². The van der Waals surface area contributed by atoms with Gasteiger partial charge in [-0.25, -0.2) is 0 Å². The largest absolute Gasteiger partial charge is 0.493 e. The van der Waals surface area contributed by atoms with Crippen LogP contribution in [0, 0.1) is 5.92 Å². The number of nitrogens with zero attached hydrogens (tertiary/aromatic N) is 1. The van der Waals surface area contributed by atoms with Crippen LogP contribution in [-0.4, -0.2) is 55.9 Å². The summed E-state index contributed by atoms with van der Waals surface area (Å²) >= 11 is 0. The number of rotatable bonds is 7. The summed E-state index contributed by atoms with van der Waals surface area (Å²) in [6, 6.07) is 13.2. The quantitative estimate of drug-likeness (QED) is 0.658. The highest BCUT2D eigenvalue weighted by atomic mass is 16.5. The van der Waals surface area contributed by atoms with Crippen LogP contribution in [0.25, 0.3) is 0 Å². The number of methoxy groups -OCH3 is 3. The molecule has 2 aromatic rings. The lowest BCUT2D eigenvalue weighted by Crippen LogP contribution is -2.56. The van der Waals surface area contributed by atoms with Crippen LogP contribution in [0.2, 0.25) is 0 Å². The highest BCUT2D eigenvalue weighted by molar-refractivity contribution is 5.92. The van der Waals surface area contributed by atoms with E-state index in [1.165, 1.54) is 0 Å². The van der Waals surface area contributed by atoms with Gasteiger partial charge in [0.1, 0.15) is 0 Å². The zero-order valence-corrected chi connectivity index (χ0v) is 19.7. The molecule has 2 aliphatic rings. The van der Waals surface area contributed by atoms with E-state index in [2.05, 4.69) is 10.2 Å². The summed E-state index contributed by atoms with van der Waals surface area (Å²) in [5, 5.41) is 14.5. The molecule has 33 heavy (non-hydrogen) atoms. The second-order valence-electron chi connectivity index (χ2n) is 8.99. The van der Waals surface area contributed by atoms with Crippen molar-refractivity contribution < 1.29 is 24.1 Å². The summed E-state index contributed by atoms with van der Waals surface area (Å²) in [4.78, 5) is 15.1. The van der Waals surface area contributed by atoms with Gasteiger partial charge in [-0.3, -0.25) is 9.69 Å². The summed E-state index contributed by atoms with van der Waals surface area (Å²) in [5.41, 5.74) is 1.01. The molecule has 2 aromatic carbocycles. The molecule has 0 radical (unpaired) electrons. The molecule has 1 saturated carbocycles. The van der Waals surface area contributed by atoms with E-state index in [-0.39, 0.29) is 24.4 Å². The number of benzene rings is 2. The summed E-state index contributed by atoms with van der Waals surface area (Å²) in [6.07, 6.45) is 4.47. The molecule has 1 aliphatic carbocycles. The Hall–Kier alpha value is -2.77. The van der Waals surface area contributed by atoms with Gasteiger partial charge in [0.15, 0.2) is 11.5 Å². The van der Waals surface area contributed by atoms with Crippen molar-refractivity contribution in [3.63, 3.8) is 0 Å². The number of carbonyl (C=O) groups excluding carboxylic acids is 1. The first kappa shape index (κ1) is 23.4. The fraction of sp³-hybridized carbons (Fsp3) is 0.500. The fourth-order valence-corrected chi connectivity index (χ4v) is 5.54. The molecule has 1 saturated heterocycles. The zero-order chi connectivity index (χ0) is 23.4. The van der Waals surface area contributed by atoms with E-state index in [4.69, 9.17) is 14.2 Å². The lowest BCUT2D eigenvalue weighted by atomic mass is 9.66. The maximum Gasteiger partial charge on any atom is 0.238 e. The standard InChI is InChI=1S/C26H34N2O5/c1-31-21-15-18(16-22(32-2)25(21)33-3)24-20-11-7-8-12-26(20,30)13-14-28(24)17-23(29)27-19-9-5-4-6-10-19/h4-6,9-10,15-16,20,24,30H,7-8,11-14,17H2,1-3H3,(H,27,29)/t20-,24-,26+/m1/s1. The Bertz CT molecular complexity index is 941. The van der Waals surface area contributed by atoms with E-state index in [0.717, 1.165) is 36.9 Å². The summed E-state index contributed by atoms with van der Waals surface area (Å²) in [6.45, 7) is 0.874. The van der Waals surface area contributed by atoms with E-state index in [0.29, 0.717) is 30.2 Å². The number of aliphatic hydroxyl groups is 1. The number of anilines is 1. The van der Waals surface area contributed by atoms with Crippen LogP contribution < -0.4 is 19.5 Å². The SMILES string of the molecule is COc1cc([C@@H]2[C@H]3CCCC[C@]3(O)CCN2CC(=O)Nc2ccccc2)cc(OC)c1OC. The van der Waals surface area contributed by atoms with E-state index < -0.39 is 5.60 Å². The molecule has 0 spiro atoms. The molecule has 178 valence electrons. The Labute approximate surface area is 195 Å². The van der Waals surface area contributed by atoms with E-state index >= 15 is 0 Å². The van der Waals surface area contributed by atoms with Crippen molar-refractivity contribution in [2.24, 2.45) is 5.92 Å². The molecular weight excluding hydrogens is 420 g/mol. The number of fused-ring (bicyclic) bond motifs is 1. The Kier molecular flexibility index (Phi) is 7.10. The highest BCUT2D eigenvalue weighted by Crippen LogP contribution is 2.51. The zero-order valence-electron chi connectivity index (χ0n) is 19.7. The minimum atomic E-state index is -0.726. The molecule has 7 nitrogen and oxygen atoms in total. The third kappa shape index (κ3) is 4.80. The van der Waals surface area contributed by atoms with E-state index in [1.807, 2.05) is 42.5 Å². The van der Waals surface area contributed by atoms with Crippen LogP contribution in [0.1, 0.15) is 43.7 Å². The number of hydrogen-bond acceptors (Lipinski definition) is 6. The Morgan fingerprint density at radius 2 is 1.76 bits per heavy atom. The van der Waals surface area contributed by atoms with Gasteiger partial charge in [0.25, 0.3) is 0 Å². The van der Waals surface area contributed by atoms with Crippen molar-refractivity contribution in [2.75, 3.05) is 39.7 Å². The normalized spacial score (nSPS) is 25.1. The lowest BCUT2D eigenvalue weighted by molar-refractivity contribution is -0.135. The van der Waals surface area contributed by atoms with Crippen LogP contribution in [0.15, 0.2) is 42.5 Å². The number of ether oxygens (including phenoxy) is 3. The molecule has 4 rings (SSSR count). The third-order valence-corrected chi connectivity index (χ3v) is 7.10. The number of piperidine rings is 1. The van der Waals surface area contributed by atoms with Crippen LogP contribution in [0.5, 0.6) is 17.2 Å². The van der Waals surface area contributed by atoms with Crippen LogP contribution in [0.3, 0.4) is 0 Å². The Balaban J connectivity index is 1.68. The average Bonchev–Trinajstić information content (AvgIpc) is 2.83. The van der Waals surface area contributed by atoms with Gasteiger partial charge in [0.05, 0.1) is 33.5 Å². The highest BCUT2D eigenvalue weighted by Gasteiger charge is 2.49. The monoisotopic (exact) mass is 454 g/mol. The second kappa shape index (κ2) is 10.0. The minimum Gasteiger partial charge on any atom is -0.493 e. The van der Waals surface area contributed by atoms with Crippen LogP contribution >= 0.6 is 0 Å². The van der Waals surface area contributed by atoms with E-state index in [1.54, 1.807) is 21.3 Å². The minimum absolute atomic E-state index is 0.0207. The maximum absolute atomic E-state index is 13.0. The van der Waals surface area contributed by atoms with Gasteiger partial charge < -0.3 is 24.6 Å². The van der Waals surface area contributed by atoms with Crippen molar-refractivity contribution in [1.29, 1.82) is 0 Å². The van der Waals surface area contributed by atoms with Crippen molar-refractivity contribution in [2.45, 2.75) is 43.7 Å². The Morgan fingerprint density at radius 1 is 1.06 bits per heavy atom. The first-order chi connectivity index (χ1) is 16.0. The topological polar surface area (TPSA) is 80.3 Å². The predicted octanol–water partition coefficient (Wildman–Crippen LogP) is 4.02. The second-order valence-corrected chi connectivity index (χ2v) is 8.99. The molecule has 2 fully saturated rings. The van der Waals surface area contributed by atoms with Gasteiger partial charge in [-0.2, -0.15) is 0 Å². The molecule has 0 bridgehead atoms. The number of para-hydroxylation sites is 1. The molecule has 3 atom stereocenters. The molecule has 1 amide bonds. The van der Waals surface area contributed by atoms with E-state index in [9.17, 15) is 9.90 Å². The van der Waals surface area contributed by atoms with Gasteiger partial charge in [-0.15, -0.1) is 0 Å². The van der Waals surface area contributed by atoms with Gasteiger partial charge in [-0.1, -0.05) is 31.0 Å². The van der Waals surface area contributed by atoms with Crippen molar-refractivity contribution >= 4 is 11.6 Å². The van der Waals surface area contributed by atoms with Gasteiger partial charge in [-0.05, 0) is 49.1 Å². The number of hydrogen-bond donors (Lipinski definition) is 2. The third-order valence-electron chi connectivity index (χ3n) is 7.10. The molecular formula is C26H34N2O5. The van der Waals surface area contributed by atoms with Gasteiger partial charge in [0.2, 0.25) is 11.7 Å². The number of carbonyl (C=O) groups is 1. The first-order valence-electron chi connectivity index (χ1n) is 11.6. The molecule has 1 heterocycles. The first-order valence-corrected chi connectivity index (χ1v) is 11.6. The maximum atomic E-state index is 13.0. The van der Waals surface area contributed by atoms with Crippen molar-refractivity contribution in [1.82, 2.24) is 4.90 Å². The van der Waals surface area contributed by atoms with Crippen LogP contribution in [-0.2, 0) is 4.79 Å². The number of nitrogens with one attached hydrogen (secondary N) is 1. The smallest absolute Gasteiger partial charge is 0.238 e. The summed E-state index contributed by atoms with van der Waals surface area (Å²) < 4.78 is 16.7.